The van der Waals surface area contributed by atoms with E-state index in [-0.39, 0.29) is 30.5 Å². The second kappa shape index (κ2) is 10.3. The van der Waals surface area contributed by atoms with Crippen LogP contribution in [0.25, 0.3) is 10.8 Å². The quantitative estimate of drug-likeness (QED) is 0.241. The van der Waals surface area contributed by atoms with Gasteiger partial charge in [0.15, 0.2) is 5.96 Å². The van der Waals surface area contributed by atoms with Crippen molar-refractivity contribution < 1.29 is 13.9 Å². The standard InChI is InChI=1S/C20H26N4O3S.HI/c1-5-21-19(23-12-20(4,25)16-9-13(2)27-14(16)3)22-10-15-11-26-18(24-15)17-7-6-8-28-17;/h6-9,11,25H,5,10,12H2,1-4H3,(H2,21,22,23);1H. The summed E-state index contributed by atoms with van der Waals surface area (Å²) in [4.78, 5) is 10.0. The van der Waals surface area contributed by atoms with Gasteiger partial charge in [-0.2, -0.15) is 0 Å². The number of hydrogen-bond acceptors (Lipinski definition) is 6. The lowest BCUT2D eigenvalue weighted by atomic mass is 9.96. The van der Waals surface area contributed by atoms with E-state index < -0.39 is 5.60 Å². The number of hydrogen-bond donors (Lipinski definition) is 3. The van der Waals surface area contributed by atoms with Gasteiger partial charge in [-0.3, -0.25) is 0 Å². The molecule has 3 aromatic rings. The molecule has 9 heteroatoms. The van der Waals surface area contributed by atoms with Crippen molar-refractivity contribution in [2.24, 2.45) is 4.99 Å². The summed E-state index contributed by atoms with van der Waals surface area (Å²) in [5.74, 6) is 2.70. The largest absolute Gasteiger partial charge is 0.466 e. The lowest BCUT2D eigenvalue weighted by Gasteiger charge is -2.24. The molecule has 0 aliphatic rings. The fourth-order valence-electron chi connectivity index (χ4n) is 2.91. The van der Waals surface area contributed by atoms with E-state index in [1.807, 2.05) is 44.4 Å². The fraction of sp³-hybridized carbons (Fsp3) is 0.400. The number of aliphatic hydroxyl groups is 1. The van der Waals surface area contributed by atoms with Crippen LogP contribution in [0.1, 0.15) is 36.6 Å². The molecule has 0 radical (unpaired) electrons. The minimum atomic E-state index is -1.09. The van der Waals surface area contributed by atoms with E-state index in [2.05, 4.69) is 20.6 Å². The van der Waals surface area contributed by atoms with Gasteiger partial charge in [0, 0.05) is 12.1 Å². The molecule has 0 fully saturated rings. The van der Waals surface area contributed by atoms with Crippen LogP contribution in [0.2, 0.25) is 0 Å². The number of halogens is 1. The monoisotopic (exact) mass is 530 g/mol. The highest BCUT2D eigenvalue weighted by Gasteiger charge is 2.27. The van der Waals surface area contributed by atoms with E-state index in [4.69, 9.17) is 8.83 Å². The van der Waals surface area contributed by atoms with E-state index >= 15 is 0 Å². The summed E-state index contributed by atoms with van der Waals surface area (Å²) >= 11 is 1.58. The Bertz CT molecular complexity index is 932. The zero-order chi connectivity index (χ0) is 20.1. The van der Waals surface area contributed by atoms with Gasteiger partial charge in [-0.15, -0.1) is 35.3 Å². The maximum atomic E-state index is 10.9. The fourth-order valence-corrected chi connectivity index (χ4v) is 3.57. The molecule has 0 saturated heterocycles. The summed E-state index contributed by atoms with van der Waals surface area (Å²) in [7, 11) is 0. The third-order valence-corrected chi connectivity index (χ3v) is 5.11. The first-order valence-electron chi connectivity index (χ1n) is 9.19. The highest BCUT2D eigenvalue weighted by Crippen LogP contribution is 2.26. The normalized spacial score (nSPS) is 13.6. The molecule has 0 aliphatic heterocycles. The smallest absolute Gasteiger partial charge is 0.236 e. The first-order chi connectivity index (χ1) is 13.4. The number of thiophene rings is 1. The van der Waals surface area contributed by atoms with Gasteiger partial charge in [-0.1, -0.05) is 6.07 Å². The van der Waals surface area contributed by atoms with Crippen LogP contribution in [0, 0.1) is 13.8 Å². The van der Waals surface area contributed by atoms with Crippen LogP contribution in [-0.2, 0) is 12.1 Å². The highest BCUT2D eigenvalue weighted by molar-refractivity contribution is 14.0. The molecular weight excluding hydrogens is 503 g/mol. The van der Waals surface area contributed by atoms with Crippen molar-refractivity contribution in [1.29, 1.82) is 0 Å². The van der Waals surface area contributed by atoms with Crippen molar-refractivity contribution >= 4 is 41.3 Å². The van der Waals surface area contributed by atoms with Crippen molar-refractivity contribution in [3.05, 3.63) is 52.6 Å². The topological polar surface area (TPSA) is 95.8 Å². The summed E-state index contributed by atoms with van der Waals surface area (Å²) in [5, 5.41) is 19.2. The maximum absolute atomic E-state index is 10.9. The van der Waals surface area contributed by atoms with Gasteiger partial charge >= 0.3 is 0 Å². The number of nitrogens with zero attached hydrogens (tertiary/aromatic N) is 2. The molecule has 3 aromatic heterocycles. The lowest BCUT2D eigenvalue weighted by molar-refractivity contribution is 0.0601. The molecule has 0 bridgehead atoms. The van der Waals surface area contributed by atoms with Crippen LogP contribution in [0.15, 0.2) is 43.7 Å². The zero-order valence-electron chi connectivity index (χ0n) is 17.0. The van der Waals surface area contributed by atoms with Gasteiger partial charge in [0.25, 0.3) is 0 Å². The average molecular weight is 530 g/mol. The van der Waals surface area contributed by atoms with Gasteiger partial charge in [0.2, 0.25) is 5.89 Å². The Labute approximate surface area is 191 Å². The van der Waals surface area contributed by atoms with E-state index in [1.165, 1.54) is 0 Å². The van der Waals surface area contributed by atoms with E-state index in [1.54, 1.807) is 24.5 Å². The summed E-state index contributed by atoms with van der Waals surface area (Å²) < 4.78 is 11.1. The summed E-state index contributed by atoms with van der Waals surface area (Å²) in [5.41, 5.74) is 0.428. The molecule has 3 N–H and O–H groups in total. The molecule has 1 atom stereocenters. The molecule has 0 aliphatic carbocycles. The van der Waals surface area contributed by atoms with Crippen LogP contribution >= 0.6 is 35.3 Å². The molecule has 1 unspecified atom stereocenters. The van der Waals surface area contributed by atoms with Crippen LogP contribution in [0.4, 0.5) is 0 Å². The number of rotatable bonds is 7. The molecule has 0 spiro atoms. The number of furan rings is 1. The number of guanidine groups is 1. The van der Waals surface area contributed by atoms with E-state index in [0.29, 0.717) is 24.9 Å². The molecule has 29 heavy (non-hydrogen) atoms. The Morgan fingerprint density at radius 2 is 2.14 bits per heavy atom. The predicted molar refractivity (Wildman–Crippen MR) is 126 cm³/mol. The average Bonchev–Trinajstić information content (AvgIpc) is 3.38. The van der Waals surface area contributed by atoms with Gasteiger partial charge < -0.3 is 24.6 Å². The summed E-state index contributed by atoms with van der Waals surface area (Å²) in [6, 6.07) is 5.80. The predicted octanol–water partition coefficient (Wildman–Crippen LogP) is 4.19. The lowest BCUT2D eigenvalue weighted by Crippen LogP contribution is -2.44. The molecule has 158 valence electrons. The second-order valence-corrected chi connectivity index (χ2v) is 7.72. The zero-order valence-corrected chi connectivity index (χ0v) is 20.1. The number of oxazole rings is 1. The number of aliphatic imine (C=N–C) groups is 1. The van der Waals surface area contributed by atoms with E-state index in [0.717, 1.165) is 27.7 Å². The van der Waals surface area contributed by atoms with Gasteiger partial charge in [0.1, 0.15) is 29.1 Å². The highest BCUT2D eigenvalue weighted by atomic mass is 127. The maximum Gasteiger partial charge on any atom is 0.236 e. The van der Waals surface area contributed by atoms with Crippen molar-refractivity contribution in [3.63, 3.8) is 0 Å². The Kier molecular flexibility index (Phi) is 8.29. The van der Waals surface area contributed by atoms with Gasteiger partial charge in [-0.25, -0.2) is 9.98 Å². The van der Waals surface area contributed by atoms with Crippen molar-refractivity contribution in [2.75, 3.05) is 13.1 Å². The van der Waals surface area contributed by atoms with Crippen LogP contribution in [0.3, 0.4) is 0 Å². The Morgan fingerprint density at radius 3 is 2.76 bits per heavy atom. The van der Waals surface area contributed by atoms with Gasteiger partial charge in [-0.05, 0) is 45.2 Å². The molecular formula is C20H27IN4O3S. The SMILES string of the molecule is CCNC(=NCc1coc(-c2cccs2)n1)NCC(C)(O)c1cc(C)oc1C.I. The third kappa shape index (κ3) is 6.06. The Morgan fingerprint density at radius 1 is 1.34 bits per heavy atom. The Hall–Kier alpha value is -1.85. The molecule has 3 rings (SSSR count). The summed E-state index contributed by atoms with van der Waals surface area (Å²) in [6.45, 7) is 8.83. The molecule has 0 aromatic carbocycles. The molecule has 0 saturated carbocycles. The van der Waals surface area contributed by atoms with E-state index in [9.17, 15) is 5.11 Å². The molecule has 3 heterocycles. The molecule has 0 amide bonds. The summed E-state index contributed by atoms with van der Waals surface area (Å²) in [6.07, 6.45) is 1.62. The number of nitrogens with one attached hydrogen (secondary N) is 2. The Balaban J connectivity index is 0.00000300. The van der Waals surface area contributed by atoms with Crippen LogP contribution < -0.4 is 10.6 Å². The van der Waals surface area contributed by atoms with Crippen LogP contribution in [0.5, 0.6) is 0 Å². The third-order valence-electron chi connectivity index (χ3n) is 4.25. The van der Waals surface area contributed by atoms with Crippen molar-refractivity contribution in [3.8, 4) is 10.8 Å². The van der Waals surface area contributed by atoms with Gasteiger partial charge in [0.05, 0.1) is 18.0 Å². The first-order valence-corrected chi connectivity index (χ1v) is 10.1. The van der Waals surface area contributed by atoms with Crippen molar-refractivity contribution in [1.82, 2.24) is 15.6 Å². The minimum Gasteiger partial charge on any atom is -0.466 e. The van der Waals surface area contributed by atoms with Crippen molar-refractivity contribution in [2.45, 2.75) is 39.8 Å². The molecule has 7 nitrogen and oxygen atoms in total. The number of aromatic nitrogens is 1. The van der Waals surface area contributed by atoms with Crippen LogP contribution in [-0.4, -0.2) is 29.1 Å². The second-order valence-electron chi connectivity index (χ2n) is 6.77. The minimum absolute atomic E-state index is 0. The first kappa shape index (κ1) is 23.4. The number of aryl methyl sites for hydroxylation is 2.